The summed E-state index contributed by atoms with van der Waals surface area (Å²) in [6, 6.07) is 8.48. The fraction of sp³-hybridized carbons (Fsp3) is 0.565. The molecule has 2 unspecified atom stereocenters. The van der Waals surface area contributed by atoms with E-state index in [-0.39, 0.29) is 36.6 Å². The number of nitrogens with zero attached hydrogens (tertiary/aromatic N) is 2. The Morgan fingerprint density at radius 3 is 2.60 bits per heavy atom. The van der Waals surface area contributed by atoms with Crippen LogP contribution in [0, 0.1) is 17.8 Å². The quantitative estimate of drug-likeness (QED) is 0.670. The van der Waals surface area contributed by atoms with Gasteiger partial charge >= 0.3 is 0 Å². The van der Waals surface area contributed by atoms with Gasteiger partial charge in [0.05, 0.1) is 0 Å². The molecule has 3 N–H and O–H groups in total. The van der Waals surface area contributed by atoms with E-state index in [1.165, 1.54) is 24.8 Å². The van der Waals surface area contributed by atoms with Gasteiger partial charge in [0.25, 0.3) is 0 Å². The zero-order valence-electron chi connectivity index (χ0n) is 17.8. The van der Waals surface area contributed by atoms with Crippen LogP contribution < -0.4 is 11.1 Å². The number of amides is 1. The van der Waals surface area contributed by atoms with E-state index in [2.05, 4.69) is 40.8 Å². The fourth-order valence-electron chi connectivity index (χ4n) is 5.15. The van der Waals surface area contributed by atoms with Crippen molar-refractivity contribution in [3.05, 3.63) is 48.0 Å². The lowest BCUT2D eigenvalue weighted by molar-refractivity contribution is -0.122. The summed E-state index contributed by atoms with van der Waals surface area (Å²) in [6.07, 6.45) is 9.38. The molecule has 0 saturated heterocycles. The summed E-state index contributed by atoms with van der Waals surface area (Å²) in [5.41, 5.74) is 8.43. The maximum absolute atomic E-state index is 12.9. The standard InChI is InChI=1S/C23H32N4O.2ClH/c1-15(2)22-25-9-10-27(22)14-16-5-3-8-20(11-16)26-23(28)19-12-17-6-4-7-18(13-19)21(17)24;;/h3,5,8-11,15,17-19,21H,4,6-7,12-14,24H2,1-2H3,(H,26,28);2*1H. The normalized spacial score (nSPS) is 25.2. The van der Waals surface area contributed by atoms with E-state index in [9.17, 15) is 4.79 Å². The van der Waals surface area contributed by atoms with Crippen LogP contribution in [-0.2, 0) is 11.3 Å². The second-order valence-corrected chi connectivity index (χ2v) is 8.95. The minimum absolute atomic E-state index is 0. The lowest BCUT2D eigenvalue weighted by Gasteiger charge is -2.43. The van der Waals surface area contributed by atoms with E-state index in [0.717, 1.165) is 30.9 Å². The fourth-order valence-corrected chi connectivity index (χ4v) is 5.15. The molecule has 1 aromatic heterocycles. The van der Waals surface area contributed by atoms with Gasteiger partial charge in [0.1, 0.15) is 5.82 Å². The largest absolute Gasteiger partial charge is 0.330 e. The first-order valence-electron chi connectivity index (χ1n) is 10.7. The number of carbonyl (C=O) groups is 1. The van der Waals surface area contributed by atoms with Crippen molar-refractivity contribution in [2.75, 3.05) is 5.32 Å². The van der Waals surface area contributed by atoms with Gasteiger partial charge in [-0.1, -0.05) is 32.4 Å². The SMILES string of the molecule is CC(C)c1nccn1Cc1cccc(NC(=O)C2CC3CCCC(C2)C3N)c1.Cl.Cl. The molecule has 4 rings (SSSR count). The average molecular weight is 453 g/mol. The van der Waals surface area contributed by atoms with Crippen LogP contribution in [0.25, 0.3) is 0 Å². The Morgan fingerprint density at radius 2 is 1.93 bits per heavy atom. The van der Waals surface area contributed by atoms with E-state index in [4.69, 9.17) is 5.73 Å². The Morgan fingerprint density at radius 1 is 1.23 bits per heavy atom. The van der Waals surface area contributed by atoms with Crippen LogP contribution in [0.5, 0.6) is 0 Å². The Hall–Kier alpha value is -1.56. The number of carbonyl (C=O) groups excluding carboxylic acids is 1. The molecule has 7 heteroatoms. The first-order chi connectivity index (χ1) is 13.5. The van der Waals surface area contributed by atoms with Gasteiger partial charge in [-0.3, -0.25) is 4.79 Å². The van der Waals surface area contributed by atoms with Gasteiger partial charge in [0.2, 0.25) is 5.91 Å². The third-order valence-corrected chi connectivity index (χ3v) is 6.60. The lowest BCUT2D eigenvalue weighted by Crippen LogP contribution is -2.48. The first kappa shape index (κ1) is 24.7. The number of anilines is 1. The summed E-state index contributed by atoms with van der Waals surface area (Å²) in [5, 5.41) is 3.17. The molecule has 0 aliphatic heterocycles. The number of nitrogens with two attached hydrogens (primary N) is 1. The van der Waals surface area contributed by atoms with Gasteiger partial charge in [0, 0.05) is 42.5 Å². The average Bonchev–Trinajstić information content (AvgIpc) is 3.10. The van der Waals surface area contributed by atoms with Crippen LogP contribution >= 0.6 is 24.8 Å². The second-order valence-electron chi connectivity index (χ2n) is 8.95. The van der Waals surface area contributed by atoms with E-state index in [1.54, 1.807) is 0 Å². The highest BCUT2D eigenvalue weighted by Gasteiger charge is 2.40. The summed E-state index contributed by atoms with van der Waals surface area (Å²) < 4.78 is 2.18. The molecule has 1 amide bonds. The van der Waals surface area contributed by atoms with Crippen molar-refractivity contribution in [3.63, 3.8) is 0 Å². The molecule has 0 radical (unpaired) electrons. The molecule has 5 nitrogen and oxygen atoms in total. The van der Waals surface area contributed by atoms with Crippen molar-refractivity contribution in [1.82, 2.24) is 9.55 Å². The highest BCUT2D eigenvalue weighted by Crippen LogP contribution is 2.42. The molecule has 2 saturated carbocycles. The Bertz CT molecular complexity index is 824. The third-order valence-electron chi connectivity index (χ3n) is 6.60. The van der Waals surface area contributed by atoms with Crippen LogP contribution in [0.1, 0.15) is 63.3 Å². The lowest BCUT2D eigenvalue weighted by atomic mass is 9.65. The van der Waals surface area contributed by atoms with Gasteiger partial charge in [-0.15, -0.1) is 24.8 Å². The van der Waals surface area contributed by atoms with Crippen molar-refractivity contribution in [2.24, 2.45) is 23.5 Å². The van der Waals surface area contributed by atoms with Crippen molar-refractivity contribution < 1.29 is 4.79 Å². The number of halogens is 2. The number of aromatic nitrogens is 2. The van der Waals surface area contributed by atoms with Crippen LogP contribution in [0.3, 0.4) is 0 Å². The Labute approximate surface area is 192 Å². The molecular formula is C23H34Cl2N4O. The van der Waals surface area contributed by atoms with Gasteiger partial charge < -0.3 is 15.6 Å². The van der Waals surface area contributed by atoms with Crippen LogP contribution in [0.4, 0.5) is 5.69 Å². The molecule has 2 aromatic rings. The summed E-state index contributed by atoms with van der Waals surface area (Å²) in [7, 11) is 0. The molecule has 166 valence electrons. The molecule has 2 bridgehead atoms. The van der Waals surface area contributed by atoms with E-state index >= 15 is 0 Å². The van der Waals surface area contributed by atoms with Crippen molar-refractivity contribution in [3.8, 4) is 0 Å². The van der Waals surface area contributed by atoms with Crippen molar-refractivity contribution in [1.29, 1.82) is 0 Å². The predicted octanol–water partition coefficient (Wildman–Crippen LogP) is 4.99. The maximum Gasteiger partial charge on any atom is 0.227 e. The molecule has 0 spiro atoms. The van der Waals surface area contributed by atoms with Crippen molar-refractivity contribution >= 4 is 36.4 Å². The van der Waals surface area contributed by atoms with E-state index < -0.39 is 0 Å². The van der Waals surface area contributed by atoms with Gasteiger partial charge in [-0.25, -0.2) is 4.98 Å². The smallest absolute Gasteiger partial charge is 0.227 e. The number of benzene rings is 1. The van der Waals surface area contributed by atoms with Crippen LogP contribution in [-0.4, -0.2) is 21.5 Å². The molecule has 2 aliphatic carbocycles. The van der Waals surface area contributed by atoms with Crippen molar-refractivity contribution in [2.45, 2.75) is 64.5 Å². The second kappa shape index (κ2) is 10.7. The molecule has 2 fully saturated rings. The van der Waals surface area contributed by atoms with E-state index in [0.29, 0.717) is 23.8 Å². The number of rotatable bonds is 5. The highest BCUT2D eigenvalue weighted by molar-refractivity contribution is 5.92. The number of nitrogens with one attached hydrogen (secondary N) is 1. The summed E-state index contributed by atoms with van der Waals surface area (Å²) in [6.45, 7) is 5.07. The minimum Gasteiger partial charge on any atom is -0.330 e. The Balaban J connectivity index is 0.00000160. The zero-order valence-corrected chi connectivity index (χ0v) is 19.4. The molecule has 30 heavy (non-hydrogen) atoms. The summed E-state index contributed by atoms with van der Waals surface area (Å²) in [5.74, 6) is 2.76. The van der Waals surface area contributed by atoms with E-state index in [1.807, 2.05) is 24.5 Å². The van der Waals surface area contributed by atoms with Gasteiger partial charge in [-0.2, -0.15) is 0 Å². The number of fused-ring (bicyclic) bond motifs is 2. The maximum atomic E-state index is 12.9. The number of hydrogen-bond donors (Lipinski definition) is 2. The summed E-state index contributed by atoms with van der Waals surface area (Å²) in [4.78, 5) is 17.4. The molecule has 1 heterocycles. The number of imidazole rings is 1. The molecular weight excluding hydrogens is 419 g/mol. The molecule has 2 atom stereocenters. The third kappa shape index (κ3) is 5.37. The molecule has 2 aliphatic rings. The minimum atomic E-state index is 0. The van der Waals surface area contributed by atoms with Gasteiger partial charge in [0.15, 0.2) is 0 Å². The Kier molecular flexibility index (Phi) is 8.77. The highest BCUT2D eigenvalue weighted by atomic mass is 35.5. The zero-order chi connectivity index (χ0) is 19.7. The summed E-state index contributed by atoms with van der Waals surface area (Å²) >= 11 is 0. The first-order valence-corrected chi connectivity index (χ1v) is 10.7. The van der Waals surface area contributed by atoms with Gasteiger partial charge in [-0.05, 0) is 55.2 Å². The number of hydrogen-bond acceptors (Lipinski definition) is 3. The monoisotopic (exact) mass is 452 g/mol. The predicted molar refractivity (Wildman–Crippen MR) is 127 cm³/mol. The topological polar surface area (TPSA) is 72.9 Å². The van der Waals surface area contributed by atoms with Crippen LogP contribution in [0.15, 0.2) is 36.7 Å². The molecule has 1 aromatic carbocycles. The van der Waals surface area contributed by atoms with Crippen LogP contribution in [0.2, 0.25) is 0 Å².